The average molecular weight is 317 g/mol. The number of hydrogen-bond donors (Lipinski definition) is 0. The summed E-state index contributed by atoms with van der Waals surface area (Å²) in [7, 11) is 3.45. The van der Waals surface area contributed by atoms with Crippen molar-refractivity contribution in [2.24, 2.45) is 0 Å². The lowest BCUT2D eigenvalue weighted by Crippen LogP contribution is -2.49. The molecule has 8 heteroatoms. The van der Waals surface area contributed by atoms with Gasteiger partial charge in [0.2, 0.25) is 0 Å². The molecule has 0 N–H and O–H groups in total. The summed E-state index contributed by atoms with van der Waals surface area (Å²) in [5.41, 5.74) is 0.803. The Morgan fingerprint density at radius 2 is 2.26 bits per heavy atom. The Hall–Kier alpha value is -2.48. The highest BCUT2D eigenvalue weighted by Gasteiger charge is 2.28. The Labute approximate surface area is 134 Å². The number of ether oxygens (including phenoxy) is 1. The first-order valence-corrected chi connectivity index (χ1v) is 7.39. The van der Waals surface area contributed by atoms with Gasteiger partial charge in [-0.15, -0.1) is 0 Å². The van der Waals surface area contributed by atoms with Crippen molar-refractivity contribution in [3.05, 3.63) is 24.2 Å². The summed E-state index contributed by atoms with van der Waals surface area (Å²) < 4.78 is 10.8. The third-order valence-electron chi connectivity index (χ3n) is 3.63. The van der Waals surface area contributed by atoms with E-state index in [0.717, 1.165) is 11.4 Å². The van der Waals surface area contributed by atoms with Crippen LogP contribution in [-0.4, -0.2) is 65.8 Å². The molecular weight excluding hydrogens is 298 g/mol. The SMILES string of the molecule is Cc1noc(-c2ccnc(N3CCOC(C(=O)N(C)C)C3)c2)n1. The number of hydrogen-bond acceptors (Lipinski definition) is 7. The molecule has 0 bridgehead atoms. The zero-order valence-corrected chi connectivity index (χ0v) is 13.4. The van der Waals surface area contributed by atoms with Gasteiger partial charge in [-0.1, -0.05) is 5.16 Å². The van der Waals surface area contributed by atoms with Crippen molar-refractivity contribution in [1.29, 1.82) is 0 Å². The number of morpholine rings is 1. The van der Waals surface area contributed by atoms with E-state index in [2.05, 4.69) is 15.1 Å². The first-order valence-electron chi connectivity index (χ1n) is 7.39. The van der Waals surface area contributed by atoms with Gasteiger partial charge in [-0.2, -0.15) is 4.98 Å². The number of nitrogens with zero attached hydrogens (tertiary/aromatic N) is 5. The third kappa shape index (κ3) is 3.31. The number of carbonyl (C=O) groups excluding carboxylic acids is 1. The monoisotopic (exact) mass is 317 g/mol. The lowest BCUT2D eigenvalue weighted by atomic mass is 10.2. The molecule has 2 aromatic heterocycles. The predicted molar refractivity (Wildman–Crippen MR) is 82.9 cm³/mol. The van der Waals surface area contributed by atoms with Crippen LogP contribution in [0.25, 0.3) is 11.5 Å². The van der Waals surface area contributed by atoms with Crippen LogP contribution in [0.2, 0.25) is 0 Å². The topological polar surface area (TPSA) is 84.6 Å². The number of pyridine rings is 1. The molecule has 1 aliphatic rings. The van der Waals surface area contributed by atoms with Crippen LogP contribution < -0.4 is 4.90 Å². The standard InChI is InChI=1S/C15H19N5O3/c1-10-17-14(23-18-10)11-4-5-16-13(8-11)20-6-7-22-12(9-20)15(21)19(2)3/h4-5,8,12H,6-7,9H2,1-3H3. The largest absolute Gasteiger partial charge is 0.365 e. The van der Waals surface area contributed by atoms with Crippen molar-refractivity contribution in [3.8, 4) is 11.5 Å². The fourth-order valence-corrected chi connectivity index (χ4v) is 2.43. The van der Waals surface area contributed by atoms with Crippen molar-refractivity contribution in [3.63, 3.8) is 0 Å². The summed E-state index contributed by atoms with van der Waals surface area (Å²) in [6.45, 7) is 3.40. The third-order valence-corrected chi connectivity index (χ3v) is 3.63. The number of likely N-dealkylation sites (N-methyl/N-ethyl adjacent to an activating group) is 1. The molecule has 0 aliphatic carbocycles. The summed E-state index contributed by atoms with van der Waals surface area (Å²) in [6, 6.07) is 3.70. The van der Waals surface area contributed by atoms with Crippen molar-refractivity contribution >= 4 is 11.7 Å². The second-order valence-electron chi connectivity index (χ2n) is 5.59. The van der Waals surface area contributed by atoms with E-state index in [9.17, 15) is 4.79 Å². The number of amides is 1. The van der Waals surface area contributed by atoms with Crippen LogP contribution in [0.15, 0.2) is 22.9 Å². The van der Waals surface area contributed by atoms with Gasteiger partial charge in [-0.05, 0) is 19.1 Å². The van der Waals surface area contributed by atoms with Crippen LogP contribution in [-0.2, 0) is 9.53 Å². The fourth-order valence-electron chi connectivity index (χ4n) is 2.43. The molecule has 2 aromatic rings. The van der Waals surface area contributed by atoms with E-state index < -0.39 is 6.10 Å². The van der Waals surface area contributed by atoms with E-state index in [4.69, 9.17) is 9.26 Å². The zero-order chi connectivity index (χ0) is 16.4. The quantitative estimate of drug-likeness (QED) is 0.825. The van der Waals surface area contributed by atoms with Gasteiger partial charge in [0.25, 0.3) is 11.8 Å². The van der Waals surface area contributed by atoms with E-state index in [1.807, 2.05) is 17.0 Å². The maximum atomic E-state index is 12.1. The smallest absolute Gasteiger partial charge is 0.258 e. The molecule has 1 fully saturated rings. The van der Waals surface area contributed by atoms with Crippen molar-refractivity contribution in [2.75, 3.05) is 38.7 Å². The van der Waals surface area contributed by atoms with Gasteiger partial charge in [0.05, 0.1) is 13.2 Å². The number of anilines is 1. The van der Waals surface area contributed by atoms with Crippen LogP contribution in [0.5, 0.6) is 0 Å². The molecule has 122 valence electrons. The second kappa shape index (κ2) is 6.33. The molecule has 0 saturated carbocycles. The molecule has 0 spiro atoms. The second-order valence-corrected chi connectivity index (χ2v) is 5.59. The molecule has 1 amide bonds. The molecule has 1 saturated heterocycles. The Kier molecular flexibility index (Phi) is 4.24. The summed E-state index contributed by atoms with van der Waals surface area (Å²) in [4.78, 5) is 24.3. The van der Waals surface area contributed by atoms with Crippen LogP contribution in [0.1, 0.15) is 5.82 Å². The van der Waals surface area contributed by atoms with Gasteiger partial charge in [-0.25, -0.2) is 4.98 Å². The lowest BCUT2D eigenvalue weighted by Gasteiger charge is -2.34. The summed E-state index contributed by atoms with van der Waals surface area (Å²) in [5.74, 6) is 1.76. The van der Waals surface area contributed by atoms with Crippen molar-refractivity contribution in [1.82, 2.24) is 20.0 Å². The summed E-state index contributed by atoms with van der Waals surface area (Å²) in [6.07, 6.45) is 1.22. The van der Waals surface area contributed by atoms with E-state index >= 15 is 0 Å². The summed E-state index contributed by atoms with van der Waals surface area (Å²) in [5, 5.41) is 3.80. The molecule has 0 radical (unpaired) electrons. The van der Waals surface area contributed by atoms with Gasteiger partial charge < -0.3 is 19.1 Å². The van der Waals surface area contributed by atoms with Gasteiger partial charge in [0, 0.05) is 32.4 Å². The van der Waals surface area contributed by atoms with E-state index in [1.54, 1.807) is 32.1 Å². The maximum absolute atomic E-state index is 12.1. The molecule has 8 nitrogen and oxygen atoms in total. The minimum atomic E-state index is -0.477. The van der Waals surface area contributed by atoms with Crippen molar-refractivity contribution in [2.45, 2.75) is 13.0 Å². The molecule has 3 heterocycles. The number of aromatic nitrogens is 3. The zero-order valence-electron chi connectivity index (χ0n) is 13.4. The molecule has 1 atom stereocenters. The molecule has 1 aliphatic heterocycles. The Morgan fingerprint density at radius 3 is 2.96 bits per heavy atom. The van der Waals surface area contributed by atoms with Gasteiger partial charge >= 0.3 is 0 Å². The van der Waals surface area contributed by atoms with Crippen LogP contribution in [0.3, 0.4) is 0 Å². The minimum Gasteiger partial charge on any atom is -0.365 e. The maximum Gasteiger partial charge on any atom is 0.258 e. The highest BCUT2D eigenvalue weighted by Crippen LogP contribution is 2.23. The van der Waals surface area contributed by atoms with E-state index in [1.165, 1.54) is 0 Å². The number of carbonyl (C=O) groups is 1. The van der Waals surface area contributed by atoms with Gasteiger partial charge in [0.1, 0.15) is 5.82 Å². The summed E-state index contributed by atoms with van der Waals surface area (Å²) >= 11 is 0. The fraction of sp³-hybridized carbons (Fsp3) is 0.467. The van der Waals surface area contributed by atoms with Crippen molar-refractivity contribution < 1.29 is 14.1 Å². The van der Waals surface area contributed by atoms with Gasteiger partial charge in [-0.3, -0.25) is 4.79 Å². The molecule has 1 unspecified atom stereocenters. The predicted octanol–water partition coefficient (Wildman–Crippen LogP) is 0.733. The number of aryl methyl sites for hydroxylation is 1. The highest BCUT2D eigenvalue weighted by molar-refractivity contribution is 5.81. The highest BCUT2D eigenvalue weighted by atomic mass is 16.5. The van der Waals surface area contributed by atoms with Gasteiger partial charge in [0.15, 0.2) is 11.9 Å². The average Bonchev–Trinajstić information content (AvgIpc) is 3.01. The van der Waals surface area contributed by atoms with Crippen LogP contribution in [0, 0.1) is 6.92 Å². The molecule has 23 heavy (non-hydrogen) atoms. The molecule has 3 rings (SSSR count). The van der Waals surface area contributed by atoms with E-state index in [0.29, 0.717) is 31.4 Å². The van der Waals surface area contributed by atoms with E-state index in [-0.39, 0.29) is 5.91 Å². The lowest BCUT2D eigenvalue weighted by molar-refractivity contribution is -0.141. The Balaban J connectivity index is 1.80. The minimum absolute atomic E-state index is 0.0432. The first-order chi connectivity index (χ1) is 11.0. The van der Waals surface area contributed by atoms with Crippen LogP contribution in [0.4, 0.5) is 5.82 Å². The molecular formula is C15H19N5O3. The Bertz CT molecular complexity index is 700. The Morgan fingerprint density at radius 1 is 1.43 bits per heavy atom. The molecule has 0 aromatic carbocycles. The number of rotatable bonds is 3. The first kappa shape index (κ1) is 15.4. The van der Waals surface area contributed by atoms with Crippen LogP contribution >= 0.6 is 0 Å². The normalized spacial score (nSPS) is 18.0.